The maximum atomic E-state index is 13.8. The van der Waals surface area contributed by atoms with Crippen LogP contribution in [0.3, 0.4) is 0 Å². The lowest BCUT2D eigenvalue weighted by molar-refractivity contribution is 0.271. The van der Waals surface area contributed by atoms with Crippen LogP contribution in [0.25, 0.3) is 0 Å². The number of halogens is 2. The van der Waals surface area contributed by atoms with Crippen molar-refractivity contribution in [2.24, 2.45) is 0 Å². The van der Waals surface area contributed by atoms with Gasteiger partial charge in [-0.3, -0.25) is 4.90 Å². The molecule has 2 aromatic carbocycles. The number of benzene rings is 2. The highest BCUT2D eigenvalue weighted by Gasteiger charge is 2.19. The van der Waals surface area contributed by atoms with Gasteiger partial charge in [0, 0.05) is 35.4 Å². The first kappa shape index (κ1) is 12.6. The molecular formula is C15H14BrFN2. The Labute approximate surface area is 120 Å². The zero-order valence-electron chi connectivity index (χ0n) is 10.4. The van der Waals surface area contributed by atoms with Gasteiger partial charge in [0.2, 0.25) is 0 Å². The van der Waals surface area contributed by atoms with Gasteiger partial charge in [0.25, 0.3) is 0 Å². The van der Waals surface area contributed by atoms with E-state index in [2.05, 4.69) is 26.9 Å². The van der Waals surface area contributed by atoms with E-state index in [9.17, 15) is 4.39 Å². The van der Waals surface area contributed by atoms with E-state index in [1.165, 1.54) is 17.2 Å². The monoisotopic (exact) mass is 320 g/mol. The predicted octanol–water partition coefficient (Wildman–Crippen LogP) is 3.69. The Balaban J connectivity index is 1.77. The van der Waals surface area contributed by atoms with Crippen LogP contribution in [-0.4, -0.2) is 4.90 Å². The quantitative estimate of drug-likeness (QED) is 0.855. The Morgan fingerprint density at radius 3 is 2.68 bits per heavy atom. The summed E-state index contributed by atoms with van der Waals surface area (Å²) >= 11 is 3.27. The molecule has 0 saturated carbocycles. The van der Waals surface area contributed by atoms with Crippen LogP contribution in [0.2, 0.25) is 0 Å². The van der Waals surface area contributed by atoms with Crippen molar-refractivity contribution in [3.63, 3.8) is 0 Å². The standard InChI is InChI=1S/C15H14BrFN2/c16-13-3-1-11(15(17)6-13)8-19-7-10-2-4-14(18)5-12(10)9-19/h1-6H,7-9,18H2. The number of fused-ring (bicyclic) bond motifs is 1. The number of nitrogens with two attached hydrogens (primary N) is 1. The summed E-state index contributed by atoms with van der Waals surface area (Å²) < 4.78 is 14.6. The van der Waals surface area contributed by atoms with E-state index in [1.54, 1.807) is 0 Å². The zero-order valence-corrected chi connectivity index (χ0v) is 12.0. The third kappa shape index (κ3) is 2.65. The third-order valence-corrected chi connectivity index (χ3v) is 3.92. The summed E-state index contributed by atoms with van der Waals surface area (Å²) in [4.78, 5) is 2.22. The van der Waals surface area contributed by atoms with Gasteiger partial charge in [-0.25, -0.2) is 4.39 Å². The van der Waals surface area contributed by atoms with Gasteiger partial charge in [-0.1, -0.05) is 28.1 Å². The van der Waals surface area contributed by atoms with Crippen LogP contribution < -0.4 is 5.73 Å². The molecule has 2 N–H and O–H groups in total. The lowest BCUT2D eigenvalue weighted by Crippen LogP contribution is -2.16. The van der Waals surface area contributed by atoms with Gasteiger partial charge < -0.3 is 5.73 Å². The molecule has 0 saturated heterocycles. The maximum Gasteiger partial charge on any atom is 0.128 e. The smallest absolute Gasteiger partial charge is 0.128 e. The van der Waals surface area contributed by atoms with Crippen LogP contribution in [0, 0.1) is 5.82 Å². The van der Waals surface area contributed by atoms with Crippen LogP contribution >= 0.6 is 15.9 Å². The number of hydrogen-bond acceptors (Lipinski definition) is 2. The van der Waals surface area contributed by atoms with Gasteiger partial charge in [0.15, 0.2) is 0 Å². The average Bonchev–Trinajstić information content (AvgIpc) is 2.74. The lowest BCUT2D eigenvalue weighted by atomic mass is 10.1. The van der Waals surface area contributed by atoms with E-state index < -0.39 is 0 Å². The Morgan fingerprint density at radius 2 is 1.89 bits per heavy atom. The molecule has 0 unspecified atom stereocenters. The lowest BCUT2D eigenvalue weighted by Gasteiger charge is -2.15. The van der Waals surface area contributed by atoms with E-state index in [-0.39, 0.29) is 5.82 Å². The van der Waals surface area contributed by atoms with Crippen molar-refractivity contribution in [2.45, 2.75) is 19.6 Å². The molecule has 3 rings (SSSR count). The summed E-state index contributed by atoms with van der Waals surface area (Å²) in [5, 5.41) is 0. The van der Waals surface area contributed by atoms with Crippen LogP contribution in [0.5, 0.6) is 0 Å². The average molecular weight is 321 g/mol. The molecule has 1 aliphatic rings. The predicted molar refractivity (Wildman–Crippen MR) is 77.9 cm³/mol. The summed E-state index contributed by atoms with van der Waals surface area (Å²) in [6, 6.07) is 11.2. The fraction of sp³-hybridized carbons (Fsp3) is 0.200. The van der Waals surface area contributed by atoms with Crippen LogP contribution in [0.4, 0.5) is 10.1 Å². The van der Waals surface area contributed by atoms with Gasteiger partial charge in [0.1, 0.15) is 5.82 Å². The largest absolute Gasteiger partial charge is 0.399 e. The van der Waals surface area contributed by atoms with Gasteiger partial charge in [-0.05, 0) is 35.4 Å². The van der Waals surface area contributed by atoms with E-state index in [0.29, 0.717) is 6.54 Å². The van der Waals surface area contributed by atoms with E-state index in [0.717, 1.165) is 28.8 Å². The van der Waals surface area contributed by atoms with Gasteiger partial charge in [0.05, 0.1) is 0 Å². The number of hydrogen-bond donors (Lipinski definition) is 1. The fourth-order valence-corrected chi connectivity index (χ4v) is 2.82. The summed E-state index contributed by atoms with van der Waals surface area (Å²) in [5.74, 6) is -0.162. The first-order chi connectivity index (χ1) is 9.11. The van der Waals surface area contributed by atoms with E-state index >= 15 is 0 Å². The Hall–Kier alpha value is -1.39. The Bertz CT molecular complexity index is 628. The van der Waals surface area contributed by atoms with E-state index in [1.807, 2.05) is 24.3 Å². The highest BCUT2D eigenvalue weighted by Crippen LogP contribution is 2.27. The molecule has 98 valence electrons. The van der Waals surface area contributed by atoms with E-state index in [4.69, 9.17) is 5.73 Å². The maximum absolute atomic E-state index is 13.8. The van der Waals surface area contributed by atoms with Crippen molar-refractivity contribution in [2.75, 3.05) is 5.73 Å². The molecule has 1 heterocycles. The Morgan fingerprint density at radius 1 is 1.11 bits per heavy atom. The van der Waals surface area contributed by atoms with Crippen molar-refractivity contribution in [1.82, 2.24) is 4.90 Å². The molecule has 0 bridgehead atoms. The molecule has 2 aromatic rings. The molecule has 0 radical (unpaired) electrons. The van der Waals surface area contributed by atoms with Crippen LogP contribution in [0.15, 0.2) is 40.9 Å². The molecule has 0 aliphatic carbocycles. The van der Waals surface area contributed by atoms with Gasteiger partial charge in [-0.15, -0.1) is 0 Å². The molecule has 0 amide bonds. The Kier molecular flexibility index (Phi) is 3.29. The number of nitrogen functional groups attached to an aromatic ring is 1. The SMILES string of the molecule is Nc1ccc2c(c1)CN(Cc1ccc(Br)cc1F)C2. The van der Waals surface area contributed by atoms with Crippen LogP contribution in [0.1, 0.15) is 16.7 Å². The van der Waals surface area contributed by atoms with Crippen molar-refractivity contribution < 1.29 is 4.39 Å². The third-order valence-electron chi connectivity index (χ3n) is 3.43. The summed E-state index contributed by atoms with van der Waals surface area (Å²) in [7, 11) is 0. The summed E-state index contributed by atoms with van der Waals surface area (Å²) in [6.07, 6.45) is 0. The number of nitrogens with zero attached hydrogens (tertiary/aromatic N) is 1. The van der Waals surface area contributed by atoms with Crippen molar-refractivity contribution >= 4 is 21.6 Å². The molecule has 0 spiro atoms. The van der Waals surface area contributed by atoms with Crippen molar-refractivity contribution in [3.8, 4) is 0 Å². The molecule has 1 aliphatic heterocycles. The number of rotatable bonds is 2. The summed E-state index contributed by atoms with van der Waals surface area (Å²) in [6.45, 7) is 2.30. The topological polar surface area (TPSA) is 29.3 Å². The summed E-state index contributed by atoms with van der Waals surface area (Å²) in [5.41, 5.74) is 9.83. The molecule has 19 heavy (non-hydrogen) atoms. The molecule has 4 heteroatoms. The second kappa shape index (κ2) is 4.94. The first-order valence-corrected chi connectivity index (χ1v) is 6.95. The molecular weight excluding hydrogens is 307 g/mol. The minimum atomic E-state index is -0.162. The first-order valence-electron chi connectivity index (χ1n) is 6.15. The highest BCUT2D eigenvalue weighted by atomic mass is 79.9. The second-order valence-corrected chi connectivity index (χ2v) is 5.82. The normalized spacial score (nSPS) is 14.6. The minimum Gasteiger partial charge on any atom is -0.399 e. The molecule has 0 atom stereocenters. The molecule has 0 fully saturated rings. The number of anilines is 1. The highest BCUT2D eigenvalue weighted by molar-refractivity contribution is 9.10. The fourth-order valence-electron chi connectivity index (χ4n) is 2.49. The second-order valence-electron chi connectivity index (χ2n) is 4.91. The van der Waals surface area contributed by atoms with Gasteiger partial charge >= 0.3 is 0 Å². The van der Waals surface area contributed by atoms with Crippen molar-refractivity contribution in [1.29, 1.82) is 0 Å². The molecule has 0 aromatic heterocycles. The minimum absolute atomic E-state index is 0.162. The van der Waals surface area contributed by atoms with Crippen LogP contribution in [-0.2, 0) is 19.6 Å². The zero-order chi connectivity index (χ0) is 13.4. The van der Waals surface area contributed by atoms with Gasteiger partial charge in [-0.2, -0.15) is 0 Å². The molecule has 2 nitrogen and oxygen atoms in total. The van der Waals surface area contributed by atoms with Crippen molar-refractivity contribution in [3.05, 3.63) is 63.4 Å².